The molecule has 1 aromatic carbocycles. The highest BCUT2D eigenvalue weighted by molar-refractivity contribution is 6.21. The Bertz CT molecular complexity index is 404. The van der Waals surface area contributed by atoms with Gasteiger partial charge in [0, 0.05) is 0 Å². The van der Waals surface area contributed by atoms with Crippen LogP contribution < -0.4 is 0 Å². The maximum absolute atomic E-state index is 6.61. The van der Waals surface area contributed by atoms with Crippen LogP contribution in [-0.4, -0.2) is 0 Å². The number of aryl methyl sites for hydroxylation is 1. The molecule has 0 aliphatic heterocycles. The summed E-state index contributed by atoms with van der Waals surface area (Å²) in [6, 6.07) is 6.89. The first-order valence-corrected chi connectivity index (χ1v) is 7.09. The fourth-order valence-corrected chi connectivity index (χ4v) is 3.28. The topological polar surface area (TPSA) is 0 Å². The van der Waals surface area contributed by atoms with E-state index < -0.39 is 0 Å². The van der Waals surface area contributed by atoms with Crippen molar-refractivity contribution in [3.63, 3.8) is 0 Å². The van der Waals surface area contributed by atoms with Crippen molar-refractivity contribution in [2.75, 3.05) is 0 Å². The van der Waals surface area contributed by atoms with Crippen molar-refractivity contribution in [1.82, 2.24) is 0 Å². The van der Waals surface area contributed by atoms with Gasteiger partial charge in [-0.15, -0.1) is 11.6 Å². The van der Waals surface area contributed by atoms with E-state index in [2.05, 4.69) is 45.9 Å². The molecule has 94 valence electrons. The van der Waals surface area contributed by atoms with Gasteiger partial charge < -0.3 is 0 Å². The average Bonchev–Trinajstić information content (AvgIpc) is 2.35. The number of hydrogen-bond donors (Lipinski definition) is 0. The fraction of sp³-hybridized carbons (Fsp3) is 0.625. The van der Waals surface area contributed by atoms with Crippen LogP contribution in [0.3, 0.4) is 0 Å². The van der Waals surface area contributed by atoms with Crippen molar-refractivity contribution < 1.29 is 0 Å². The van der Waals surface area contributed by atoms with Gasteiger partial charge in [0.25, 0.3) is 0 Å². The minimum Gasteiger partial charge on any atom is -0.118 e. The molecule has 0 N–H and O–H groups in total. The number of fused-ring (bicyclic) bond motifs is 1. The van der Waals surface area contributed by atoms with Gasteiger partial charge in [-0.25, -0.2) is 0 Å². The van der Waals surface area contributed by atoms with Crippen LogP contribution in [0.5, 0.6) is 0 Å². The van der Waals surface area contributed by atoms with E-state index in [-0.39, 0.29) is 5.38 Å². The van der Waals surface area contributed by atoms with E-state index in [9.17, 15) is 0 Å². The Labute approximate surface area is 110 Å². The van der Waals surface area contributed by atoms with E-state index in [4.69, 9.17) is 11.6 Å². The van der Waals surface area contributed by atoms with Gasteiger partial charge in [0.2, 0.25) is 0 Å². The van der Waals surface area contributed by atoms with E-state index in [0.29, 0.717) is 11.3 Å². The van der Waals surface area contributed by atoms with Gasteiger partial charge in [-0.05, 0) is 47.3 Å². The van der Waals surface area contributed by atoms with Crippen molar-refractivity contribution in [1.29, 1.82) is 0 Å². The Morgan fingerprint density at radius 2 is 2.00 bits per heavy atom. The van der Waals surface area contributed by atoms with Crippen LogP contribution in [0.2, 0.25) is 0 Å². The molecule has 0 saturated heterocycles. The zero-order valence-corrected chi connectivity index (χ0v) is 12.1. The molecule has 0 spiro atoms. The lowest BCUT2D eigenvalue weighted by atomic mass is 9.84. The number of benzene rings is 1. The van der Waals surface area contributed by atoms with Crippen molar-refractivity contribution in [3.05, 3.63) is 34.9 Å². The van der Waals surface area contributed by atoms with Crippen LogP contribution in [0.15, 0.2) is 18.2 Å². The summed E-state index contributed by atoms with van der Waals surface area (Å²) in [7, 11) is 0. The summed E-state index contributed by atoms with van der Waals surface area (Å²) in [5.74, 6) is 0.584. The molecule has 0 radical (unpaired) electrons. The Morgan fingerprint density at radius 3 is 2.65 bits per heavy atom. The summed E-state index contributed by atoms with van der Waals surface area (Å²) in [4.78, 5) is 0. The number of alkyl halides is 1. The second kappa shape index (κ2) is 4.65. The summed E-state index contributed by atoms with van der Waals surface area (Å²) in [5, 5.41) is 0.182. The number of rotatable bonds is 1. The smallest absolute Gasteiger partial charge is 0.0593 e. The predicted molar refractivity (Wildman–Crippen MR) is 75.8 cm³/mol. The highest BCUT2D eigenvalue weighted by Gasteiger charge is 2.28. The Kier molecular flexibility index (Phi) is 3.54. The zero-order chi connectivity index (χ0) is 12.6. The van der Waals surface area contributed by atoms with Gasteiger partial charge >= 0.3 is 0 Å². The molecule has 1 aliphatic rings. The van der Waals surface area contributed by atoms with Crippen LogP contribution in [0, 0.1) is 5.41 Å². The number of hydrogen-bond acceptors (Lipinski definition) is 0. The lowest BCUT2D eigenvalue weighted by molar-refractivity contribution is 0.313. The van der Waals surface area contributed by atoms with Crippen molar-refractivity contribution in [2.24, 2.45) is 5.41 Å². The molecule has 0 amide bonds. The first-order valence-electron chi connectivity index (χ1n) is 6.66. The molecular formula is C16H23Cl. The summed E-state index contributed by atoms with van der Waals surface area (Å²) in [5.41, 5.74) is 4.61. The second-order valence-electron chi connectivity index (χ2n) is 6.45. The van der Waals surface area contributed by atoms with E-state index in [0.717, 1.165) is 6.42 Å². The first kappa shape index (κ1) is 13.0. The summed E-state index contributed by atoms with van der Waals surface area (Å²) in [6.45, 7) is 9.15. The normalized spacial score (nSPS) is 23.3. The monoisotopic (exact) mass is 250 g/mol. The van der Waals surface area contributed by atoms with E-state index >= 15 is 0 Å². The van der Waals surface area contributed by atoms with Crippen LogP contribution >= 0.6 is 11.6 Å². The molecule has 0 fully saturated rings. The van der Waals surface area contributed by atoms with Crippen molar-refractivity contribution in [2.45, 2.75) is 58.3 Å². The van der Waals surface area contributed by atoms with Crippen molar-refractivity contribution >= 4 is 11.6 Å². The lowest BCUT2D eigenvalue weighted by Crippen LogP contribution is -2.11. The Hall–Kier alpha value is -0.490. The molecule has 1 aromatic rings. The van der Waals surface area contributed by atoms with Gasteiger partial charge in [0.05, 0.1) is 5.38 Å². The van der Waals surface area contributed by atoms with Crippen LogP contribution in [0.25, 0.3) is 0 Å². The van der Waals surface area contributed by atoms with Gasteiger partial charge in [-0.2, -0.15) is 0 Å². The molecule has 1 atom stereocenters. The van der Waals surface area contributed by atoms with E-state index in [1.807, 2.05) is 0 Å². The van der Waals surface area contributed by atoms with Crippen LogP contribution in [0.4, 0.5) is 0 Å². The van der Waals surface area contributed by atoms with Gasteiger partial charge in [-0.3, -0.25) is 0 Å². The second-order valence-corrected chi connectivity index (χ2v) is 6.98. The maximum Gasteiger partial charge on any atom is 0.0593 e. The Balaban J connectivity index is 2.38. The summed E-state index contributed by atoms with van der Waals surface area (Å²) in [6.07, 6.45) is 3.50. The summed E-state index contributed by atoms with van der Waals surface area (Å²) >= 11 is 6.61. The zero-order valence-electron chi connectivity index (χ0n) is 11.4. The molecule has 1 unspecified atom stereocenters. The first-order chi connectivity index (χ1) is 7.89. The average molecular weight is 251 g/mol. The number of halogens is 1. The van der Waals surface area contributed by atoms with Crippen LogP contribution in [-0.2, 0) is 6.42 Å². The minimum absolute atomic E-state index is 0.182. The molecule has 17 heavy (non-hydrogen) atoms. The van der Waals surface area contributed by atoms with E-state index in [1.165, 1.54) is 29.5 Å². The molecule has 2 rings (SSSR count). The highest BCUT2D eigenvalue weighted by atomic mass is 35.5. The summed E-state index contributed by atoms with van der Waals surface area (Å²) < 4.78 is 0. The molecular weight excluding hydrogens is 228 g/mol. The third kappa shape index (κ3) is 2.85. The third-order valence-electron chi connectivity index (χ3n) is 3.98. The minimum atomic E-state index is 0.182. The van der Waals surface area contributed by atoms with Gasteiger partial charge in [0.1, 0.15) is 0 Å². The SMILES string of the molecule is CC(C)c1ccc2c(c1)C(Cl)CC(C)(C)CC2. The molecule has 0 aromatic heterocycles. The van der Waals surface area contributed by atoms with Crippen LogP contribution in [0.1, 0.15) is 68.5 Å². The third-order valence-corrected chi connectivity index (χ3v) is 4.37. The largest absolute Gasteiger partial charge is 0.118 e. The van der Waals surface area contributed by atoms with Gasteiger partial charge in [0.15, 0.2) is 0 Å². The molecule has 0 nitrogen and oxygen atoms in total. The molecule has 0 heterocycles. The fourth-order valence-electron chi connectivity index (χ4n) is 2.66. The molecule has 0 bridgehead atoms. The molecule has 1 heteroatoms. The quantitative estimate of drug-likeness (QED) is 0.459. The molecule has 0 saturated carbocycles. The van der Waals surface area contributed by atoms with E-state index in [1.54, 1.807) is 0 Å². The standard InChI is InChI=1S/C16H23Cl/c1-11(2)13-6-5-12-7-8-16(3,4)10-15(17)14(12)9-13/h5-6,9,11,15H,7-8,10H2,1-4H3. The van der Waals surface area contributed by atoms with Gasteiger partial charge in [-0.1, -0.05) is 45.9 Å². The predicted octanol–water partition coefficient (Wildman–Crippen LogP) is 5.45. The molecule has 1 aliphatic carbocycles. The Morgan fingerprint density at radius 1 is 1.29 bits per heavy atom. The lowest BCUT2D eigenvalue weighted by Gasteiger charge is -2.23. The highest BCUT2D eigenvalue weighted by Crippen LogP contribution is 2.43. The van der Waals surface area contributed by atoms with Crippen molar-refractivity contribution in [3.8, 4) is 0 Å². The maximum atomic E-state index is 6.61.